The van der Waals surface area contributed by atoms with E-state index in [-0.39, 0.29) is 5.02 Å². The normalized spacial score (nSPS) is 11.9. The van der Waals surface area contributed by atoms with Crippen molar-refractivity contribution >= 4 is 11.6 Å². The third-order valence-corrected chi connectivity index (χ3v) is 7.16. The minimum Gasteiger partial charge on any atom is -0.326 e. The zero-order valence-electron chi connectivity index (χ0n) is 22.5. The average molecular weight is 554 g/mol. The molecule has 0 atom stereocenters. The topological polar surface area (TPSA) is 21.1 Å². The van der Waals surface area contributed by atoms with Crippen molar-refractivity contribution in [2.75, 3.05) is 6.54 Å². The van der Waals surface area contributed by atoms with Gasteiger partial charge in [0.1, 0.15) is 5.82 Å². The summed E-state index contributed by atoms with van der Waals surface area (Å²) in [5.74, 6) is 0.916. The fourth-order valence-corrected chi connectivity index (χ4v) is 5.02. The van der Waals surface area contributed by atoms with E-state index in [1.807, 2.05) is 36.4 Å². The van der Waals surface area contributed by atoms with Crippen molar-refractivity contribution in [1.82, 2.24) is 14.5 Å². The van der Waals surface area contributed by atoms with Gasteiger partial charge in [0.15, 0.2) is 0 Å². The van der Waals surface area contributed by atoms with E-state index < -0.39 is 11.7 Å². The van der Waals surface area contributed by atoms with Gasteiger partial charge in [-0.1, -0.05) is 105 Å². The van der Waals surface area contributed by atoms with Crippen LogP contribution in [0.3, 0.4) is 0 Å². The Hall–Kier alpha value is -3.09. The largest absolute Gasteiger partial charge is 0.417 e. The highest BCUT2D eigenvalue weighted by molar-refractivity contribution is 6.31. The molecule has 0 aliphatic heterocycles. The number of nitrogens with zero attached hydrogens (tertiary/aromatic N) is 3. The summed E-state index contributed by atoms with van der Waals surface area (Å²) in [6.07, 6.45) is -0.531. The van der Waals surface area contributed by atoms with Gasteiger partial charge in [-0.3, -0.25) is 4.90 Å². The van der Waals surface area contributed by atoms with Crippen molar-refractivity contribution in [2.45, 2.75) is 65.3 Å². The van der Waals surface area contributed by atoms with Crippen LogP contribution in [0.25, 0.3) is 22.6 Å². The number of rotatable bonds is 12. The van der Waals surface area contributed by atoms with Crippen molar-refractivity contribution < 1.29 is 13.2 Å². The summed E-state index contributed by atoms with van der Waals surface area (Å²) < 4.78 is 43.1. The maximum Gasteiger partial charge on any atom is 0.417 e. The number of alkyl halides is 3. The fourth-order valence-electron chi connectivity index (χ4n) is 4.79. The van der Waals surface area contributed by atoms with E-state index in [0.717, 1.165) is 67.1 Å². The molecule has 1 heterocycles. The van der Waals surface area contributed by atoms with Crippen LogP contribution < -0.4 is 0 Å². The molecule has 4 rings (SSSR count). The quantitative estimate of drug-likeness (QED) is 0.174. The third kappa shape index (κ3) is 7.31. The highest BCUT2D eigenvalue weighted by atomic mass is 35.5. The molecule has 0 bridgehead atoms. The lowest BCUT2D eigenvalue weighted by atomic mass is 10.1. The van der Waals surface area contributed by atoms with E-state index in [2.05, 4.69) is 47.6 Å². The Kier molecular flexibility index (Phi) is 9.87. The van der Waals surface area contributed by atoms with Crippen LogP contribution in [0.15, 0.2) is 78.9 Å². The van der Waals surface area contributed by atoms with Crippen LogP contribution in [0.1, 0.15) is 56.4 Å². The molecule has 0 radical (unpaired) electrons. The van der Waals surface area contributed by atoms with Gasteiger partial charge in [0.25, 0.3) is 0 Å². The van der Waals surface area contributed by atoms with Gasteiger partial charge in [-0.2, -0.15) is 13.2 Å². The molecule has 0 fully saturated rings. The Bertz CT molecular complexity index is 1330. The van der Waals surface area contributed by atoms with Crippen LogP contribution >= 0.6 is 11.6 Å². The molecule has 0 spiro atoms. The third-order valence-electron chi connectivity index (χ3n) is 6.83. The molecule has 39 heavy (non-hydrogen) atoms. The monoisotopic (exact) mass is 553 g/mol. The lowest BCUT2D eigenvalue weighted by Gasteiger charge is -2.25. The Balaban J connectivity index is 1.79. The van der Waals surface area contributed by atoms with Gasteiger partial charge in [-0.15, -0.1) is 0 Å². The Morgan fingerprint density at radius 1 is 0.821 bits per heavy atom. The van der Waals surface area contributed by atoms with Gasteiger partial charge in [-0.05, 0) is 37.1 Å². The second-order valence-corrected chi connectivity index (χ2v) is 10.3. The second kappa shape index (κ2) is 13.3. The zero-order chi connectivity index (χ0) is 27.8. The van der Waals surface area contributed by atoms with Crippen molar-refractivity contribution in [3.63, 3.8) is 0 Å². The minimum atomic E-state index is -4.49. The number of unbranched alkanes of at least 4 members (excludes halogenated alkanes) is 2. The van der Waals surface area contributed by atoms with E-state index in [4.69, 9.17) is 16.6 Å². The summed E-state index contributed by atoms with van der Waals surface area (Å²) in [4.78, 5) is 7.40. The van der Waals surface area contributed by atoms with Crippen LogP contribution in [0.4, 0.5) is 13.2 Å². The molecule has 206 valence electrons. The van der Waals surface area contributed by atoms with Gasteiger partial charge >= 0.3 is 6.18 Å². The molecule has 0 saturated heterocycles. The SMILES string of the molecule is CCCCN(Cc1ccc(Cl)c(C(F)(F)F)c1)Cc1c(-c2ccccc2)nc(-c2ccccc2)n1CCCC. The summed E-state index contributed by atoms with van der Waals surface area (Å²) in [6.45, 7) is 6.82. The lowest BCUT2D eigenvalue weighted by molar-refractivity contribution is -0.137. The first kappa shape index (κ1) is 28.9. The standard InChI is InChI=1S/C32H35ClF3N3/c1-3-5-19-38(22-24-17-18-28(33)27(21-24)32(34,35)36)23-29-30(25-13-9-7-10-14-25)37-31(39(29)20-6-4-2)26-15-11-8-12-16-26/h7-18,21H,3-6,19-20,22-23H2,1-2H3. The van der Waals surface area contributed by atoms with Crippen LogP contribution in [-0.4, -0.2) is 21.0 Å². The smallest absolute Gasteiger partial charge is 0.326 e. The molecule has 0 unspecified atom stereocenters. The van der Waals surface area contributed by atoms with Crippen LogP contribution in [-0.2, 0) is 25.8 Å². The van der Waals surface area contributed by atoms with Crippen molar-refractivity contribution in [2.24, 2.45) is 0 Å². The first-order valence-corrected chi connectivity index (χ1v) is 14.0. The Labute approximate surface area is 234 Å². The second-order valence-electron chi connectivity index (χ2n) is 9.84. The minimum absolute atomic E-state index is 0.275. The highest BCUT2D eigenvalue weighted by Crippen LogP contribution is 2.36. The summed E-state index contributed by atoms with van der Waals surface area (Å²) in [5.41, 5.74) is 3.87. The Morgan fingerprint density at radius 3 is 2.08 bits per heavy atom. The van der Waals surface area contributed by atoms with E-state index in [9.17, 15) is 13.2 Å². The van der Waals surface area contributed by atoms with Crippen molar-refractivity contribution in [3.8, 4) is 22.6 Å². The average Bonchev–Trinajstić information content (AvgIpc) is 3.29. The molecule has 0 amide bonds. The van der Waals surface area contributed by atoms with Crippen LogP contribution in [0.2, 0.25) is 5.02 Å². The van der Waals surface area contributed by atoms with E-state index in [1.165, 1.54) is 12.1 Å². The molecular weight excluding hydrogens is 519 g/mol. The number of halogens is 4. The molecule has 3 aromatic carbocycles. The highest BCUT2D eigenvalue weighted by Gasteiger charge is 2.33. The van der Waals surface area contributed by atoms with E-state index in [0.29, 0.717) is 18.7 Å². The van der Waals surface area contributed by atoms with Gasteiger partial charge in [-0.25, -0.2) is 4.98 Å². The van der Waals surface area contributed by atoms with E-state index in [1.54, 1.807) is 6.07 Å². The number of hydrogen-bond donors (Lipinski definition) is 0. The van der Waals surface area contributed by atoms with Crippen molar-refractivity contribution in [3.05, 3.63) is 101 Å². The van der Waals surface area contributed by atoms with Crippen molar-refractivity contribution in [1.29, 1.82) is 0 Å². The molecule has 4 aromatic rings. The van der Waals surface area contributed by atoms with Gasteiger partial charge < -0.3 is 4.57 Å². The number of benzene rings is 3. The molecule has 7 heteroatoms. The van der Waals surface area contributed by atoms with Crippen LogP contribution in [0.5, 0.6) is 0 Å². The van der Waals surface area contributed by atoms with Crippen LogP contribution in [0, 0.1) is 0 Å². The van der Waals surface area contributed by atoms with Gasteiger partial charge in [0, 0.05) is 30.8 Å². The van der Waals surface area contributed by atoms with E-state index >= 15 is 0 Å². The summed E-state index contributed by atoms with van der Waals surface area (Å²) >= 11 is 5.90. The first-order valence-electron chi connectivity index (χ1n) is 13.6. The molecular formula is C32H35ClF3N3. The van der Waals surface area contributed by atoms with Gasteiger partial charge in [0.05, 0.1) is 22.0 Å². The lowest BCUT2D eigenvalue weighted by Crippen LogP contribution is -2.26. The summed E-state index contributed by atoms with van der Waals surface area (Å²) in [6, 6.07) is 24.5. The predicted octanol–water partition coefficient (Wildman–Crippen LogP) is 9.49. The van der Waals surface area contributed by atoms with Gasteiger partial charge in [0.2, 0.25) is 0 Å². The molecule has 3 nitrogen and oxygen atoms in total. The fraction of sp³-hybridized carbons (Fsp3) is 0.344. The maximum atomic E-state index is 13.6. The molecule has 0 aliphatic rings. The Morgan fingerprint density at radius 2 is 1.46 bits per heavy atom. The first-order chi connectivity index (χ1) is 18.8. The molecule has 0 saturated carbocycles. The maximum absolute atomic E-state index is 13.6. The number of aromatic nitrogens is 2. The zero-order valence-corrected chi connectivity index (χ0v) is 23.3. The molecule has 1 aromatic heterocycles. The molecule has 0 aliphatic carbocycles. The number of imidazole rings is 1. The number of hydrogen-bond acceptors (Lipinski definition) is 2. The predicted molar refractivity (Wildman–Crippen MR) is 153 cm³/mol. The summed E-state index contributed by atoms with van der Waals surface area (Å²) in [7, 11) is 0. The summed E-state index contributed by atoms with van der Waals surface area (Å²) in [5, 5.41) is -0.275. The molecule has 0 N–H and O–H groups in total.